The monoisotopic (exact) mass is 1600 g/mol. The Hall–Kier alpha value is -9.66. The van der Waals surface area contributed by atoms with Gasteiger partial charge >= 0.3 is 51.4 Å². The predicted octanol–water partition coefficient (Wildman–Crippen LogP) is 14.4. The Bertz CT molecular complexity index is 5360. The van der Waals surface area contributed by atoms with E-state index < -0.39 is 26.3 Å². The van der Waals surface area contributed by atoms with Crippen LogP contribution in [0.15, 0.2) is 246 Å². The number of sulfonamides is 1. The molecular weight excluding hydrogens is 1530 g/mol. The topological polar surface area (TPSA) is 246 Å². The fraction of sp³-hybridized carbons (Fsp3) is 0.195. The molecule has 552 valence electrons. The van der Waals surface area contributed by atoms with Gasteiger partial charge in [-0.3, -0.25) is 43.7 Å². The number of Topliss-reactive ketones (excluding diaryl/α,β-unsaturated/α-hetero) is 6. The number of rotatable bonds is 25. The number of carbonyl (C=O) groups excluding carboxylic acids is 7. The van der Waals surface area contributed by atoms with Crippen molar-refractivity contribution in [2.75, 3.05) is 0 Å². The van der Waals surface area contributed by atoms with Crippen molar-refractivity contribution in [2.24, 2.45) is 21.4 Å². The van der Waals surface area contributed by atoms with E-state index in [1.165, 1.54) is 61.7 Å². The molecule has 23 heteroatoms. The molecule has 0 amide bonds. The molecule has 0 aliphatic heterocycles. The molecule has 0 radical (unpaired) electrons. The Kier molecular flexibility index (Phi) is 26.3. The Morgan fingerprint density at radius 3 is 0.936 bits per heavy atom. The van der Waals surface area contributed by atoms with Gasteiger partial charge in [-0.1, -0.05) is 94.8 Å². The molecule has 3 aliphatic rings. The van der Waals surface area contributed by atoms with Crippen LogP contribution in [0.4, 0.5) is 13.2 Å². The third kappa shape index (κ3) is 20.7. The number of hydrogen-bond acceptors (Lipinski definition) is 16. The number of primary sulfonamides is 1. The summed E-state index contributed by atoms with van der Waals surface area (Å²) >= 11 is 7.44. The van der Waals surface area contributed by atoms with Gasteiger partial charge in [0.2, 0.25) is 10.0 Å². The number of carbonyl (C=O) groups is 7. The standard InChI is InChI=1S/C29H24FNO3.C28H21BrFNO3.C28H23FN2O5S.C2H4OS.K/c1-19-2-11-24-25(16-19)31-15-12-26(24)34-23-9-5-21(6-10-23)18-28(33)29(13-14-29)27(32)17-20-3-7-22(30)8-4-20;29-20-5-10-23-24(17-20)31-14-11-25(23)34-22-8-3-19(4-9-22)16-27(33)28(12-13-28)26(32)15-18-1-6-21(30)7-2-18;29-20-5-1-18(2-6-20)15-26(32)28(12-13-28)27(33)16-19-3-7-21(8-4-19)36-25-11-14-31-24-17-22(37(30,34)35)9-10-23(24)25;1-2(3)4;/h2-12,15-16H,13-14,17-18H2,1H3;1-11,14,17H,12-13,15-16H2;1-11,14,17H,12-13,15-16H2,(H2,30,34,35);1H3,(H,3,4);/q;;;;+1/p-1. The number of halogens is 4. The van der Waals surface area contributed by atoms with Crippen molar-refractivity contribution in [3.63, 3.8) is 0 Å². The largest absolute Gasteiger partial charge is 1.00 e. The van der Waals surface area contributed by atoms with Crippen LogP contribution in [0.1, 0.15) is 84.4 Å². The molecule has 3 aliphatic carbocycles. The van der Waals surface area contributed by atoms with Crippen LogP contribution in [0, 0.1) is 40.6 Å². The van der Waals surface area contributed by atoms with E-state index in [9.17, 15) is 55.2 Å². The molecule has 9 aromatic carbocycles. The summed E-state index contributed by atoms with van der Waals surface area (Å²) in [5, 5.41) is 7.40. The summed E-state index contributed by atoms with van der Waals surface area (Å²) in [6.07, 6.45) is 9.28. The van der Waals surface area contributed by atoms with Crippen molar-refractivity contribution >= 4 is 111 Å². The quantitative estimate of drug-likeness (QED) is 0.0317. The van der Waals surface area contributed by atoms with Gasteiger partial charge in [-0.05, 0) is 231 Å². The predicted molar refractivity (Wildman–Crippen MR) is 413 cm³/mol. The zero-order valence-corrected chi connectivity index (χ0v) is 66.5. The number of nitrogens with zero attached hydrogens (tertiary/aromatic N) is 3. The Balaban J connectivity index is 0.000000159. The third-order valence-electron chi connectivity index (χ3n) is 19.4. The van der Waals surface area contributed by atoms with Gasteiger partial charge in [0.1, 0.15) is 51.9 Å². The second-order valence-electron chi connectivity index (χ2n) is 27.3. The average molecular weight is 1600 g/mol. The maximum absolute atomic E-state index is 13.1. The molecule has 0 atom stereocenters. The van der Waals surface area contributed by atoms with Gasteiger partial charge in [0, 0.05) is 82.9 Å². The summed E-state index contributed by atoms with van der Waals surface area (Å²) in [7, 11) is -3.85. The van der Waals surface area contributed by atoms with Crippen LogP contribution in [0.5, 0.6) is 34.5 Å². The minimum absolute atomic E-state index is 0. The molecular formula is C87H71BrF3KN4O12S2. The molecule has 3 heterocycles. The van der Waals surface area contributed by atoms with Crippen LogP contribution in [0.3, 0.4) is 0 Å². The molecule has 0 saturated heterocycles. The Morgan fingerprint density at radius 2 is 0.655 bits per heavy atom. The van der Waals surface area contributed by atoms with E-state index in [1.807, 2.05) is 104 Å². The van der Waals surface area contributed by atoms with Crippen molar-refractivity contribution in [1.29, 1.82) is 0 Å². The van der Waals surface area contributed by atoms with Gasteiger partial charge in [-0.15, -0.1) is 0 Å². The minimum Gasteiger partial charge on any atom is -0.742 e. The average Bonchev–Trinajstić information content (AvgIpc) is 1.62. The number of hydrogen-bond donors (Lipinski definition) is 1. The summed E-state index contributed by atoms with van der Waals surface area (Å²) in [5.74, 6) is 2.18. The first-order chi connectivity index (χ1) is 52.2. The molecule has 110 heavy (non-hydrogen) atoms. The van der Waals surface area contributed by atoms with E-state index in [2.05, 4.69) is 43.5 Å². The normalized spacial score (nSPS) is 13.7. The molecule has 0 unspecified atom stereocenters. The number of benzene rings is 9. The van der Waals surface area contributed by atoms with Gasteiger partial charge in [-0.25, -0.2) is 26.7 Å². The van der Waals surface area contributed by atoms with Crippen molar-refractivity contribution in [3.05, 3.63) is 298 Å². The summed E-state index contributed by atoms with van der Waals surface area (Å²) < 4.78 is 81.7. The van der Waals surface area contributed by atoms with Crippen LogP contribution in [0.2, 0.25) is 0 Å². The van der Waals surface area contributed by atoms with E-state index in [0.29, 0.717) is 83.7 Å². The fourth-order valence-corrected chi connectivity index (χ4v) is 13.6. The number of fused-ring (bicyclic) bond motifs is 3. The number of pyridine rings is 3. The third-order valence-corrected chi connectivity index (χ3v) is 20.8. The Morgan fingerprint density at radius 1 is 0.400 bits per heavy atom. The number of aromatic nitrogens is 3. The first-order valence-electron chi connectivity index (χ1n) is 35.0. The molecule has 3 fully saturated rings. The SMILES string of the molecule is CC(=O)[S-].Cc1ccc2c(Oc3ccc(CC(=O)C4(C(=O)Cc5ccc(F)cc5)CC4)cc3)ccnc2c1.NS(=O)(=O)c1ccc2c(Oc3ccc(CC(=O)C4(C(=O)Cc5ccc(F)cc5)CC4)cc3)ccnc2c1.O=C(Cc1ccc(F)cc1)C1(C(=O)Cc2ccc(Oc3ccnc4cc(Br)ccc34)cc2)CC1.[K+]. The molecule has 2 N–H and O–H groups in total. The van der Waals surface area contributed by atoms with E-state index in [-0.39, 0.29) is 152 Å². The smallest absolute Gasteiger partial charge is 0.742 e. The molecule has 12 aromatic rings. The first-order valence-corrected chi connectivity index (χ1v) is 37.7. The van der Waals surface area contributed by atoms with Gasteiger partial charge in [0.05, 0.1) is 37.7 Å². The molecule has 3 saturated carbocycles. The van der Waals surface area contributed by atoms with Crippen LogP contribution < -0.4 is 70.7 Å². The number of nitrogens with two attached hydrogens (primary N) is 1. The number of ether oxygens (including phenoxy) is 3. The van der Waals surface area contributed by atoms with E-state index in [4.69, 9.17) is 19.3 Å². The second kappa shape index (κ2) is 35.6. The minimum atomic E-state index is -3.85. The van der Waals surface area contributed by atoms with E-state index >= 15 is 0 Å². The van der Waals surface area contributed by atoms with E-state index in [0.717, 1.165) is 65.4 Å². The summed E-state index contributed by atoms with van der Waals surface area (Å²) in [5.41, 5.74) is 5.10. The van der Waals surface area contributed by atoms with Crippen molar-refractivity contribution in [1.82, 2.24) is 15.0 Å². The van der Waals surface area contributed by atoms with Gasteiger partial charge in [-0.2, -0.15) is 0 Å². The van der Waals surface area contributed by atoms with Gasteiger partial charge in [0.25, 0.3) is 0 Å². The van der Waals surface area contributed by atoms with Crippen molar-refractivity contribution in [3.8, 4) is 34.5 Å². The van der Waals surface area contributed by atoms with Crippen LogP contribution in [-0.4, -0.2) is 63.2 Å². The van der Waals surface area contributed by atoms with Gasteiger partial charge in [0.15, 0.2) is 34.7 Å². The number of ketones is 6. The molecule has 0 spiro atoms. The Labute approximate surface area is 689 Å². The molecule has 3 aromatic heterocycles. The summed E-state index contributed by atoms with van der Waals surface area (Å²) in [4.78, 5) is 99.8. The molecule has 0 bridgehead atoms. The maximum atomic E-state index is 13.1. The first kappa shape index (κ1) is 81.3. The number of aryl methyl sites for hydroxylation is 1. The van der Waals surface area contributed by atoms with Gasteiger partial charge < -0.3 is 31.6 Å². The van der Waals surface area contributed by atoms with Crippen molar-refractivity contribution < 1.29 is 121 Å². The van der Waals surface area contributed by atoms with Crippen LogP contribution >= 0.6 is 15.9 Å². The van der Waals surface area contributed by atoms with Crippen LogP contribution in [-0.2, 0) is 94.7 Å². The molecule has 15 rings (SSSR count). The summed E-state index contributed by atoms with van der Waals surface area (Å²) in [6.45, 7) is 3.37. The second-order valence-corrected chi connectivity index (χ2v) is 30.3. The summed E-state index contributed by atoms with van der Waals surface area (Å²) in [6, 6.07) is 60.8. The fourth-order valence-electron chi connectivity index (χ4n) is 12.7. The zero-order chi connectivity index (χ0) is 77.2. The molecule has 16 nitrogen and oxygen atoms in total. The zero-order valence-electron chi connectivity index (χ0n) is 60.1. The maximum Gasteiger partial charge on any atom is 1.00 e. The van der Waals surface area contributed by atoms with E-state index in [1.54, 1.807) is 85.2 Å². The van der Waals surface area contributed by atoms with Crippen LogP contribution in [0.25, 0.3) is 32.7 Å². The van der Waals surface area contributed by atoms with Crippen molar-refractivity contribution in [2.45, 2.75) is 95.8 Å².